The Balaban J connectivity index is 1.35. The Kier molecular flexibility index (Phi) is 7.90. The van der Waals surface area contributed by atoms with E-state index >= 15 is 8.78 Å². The minimum atomic E-state index is -0.836. The second kappa shape index (κ2) is 11.3. The van der Waals surface area contributed by atoms with Crippen molar-refractivity contribution in [1.82, 2.24) is 36.5 Å². The quantitative estimate of drug-likeness (QED) is 0.371. The smallest absolute Gasteiger partial charge is 0.414 e. The maximum absolute atomic E-state index is 15.1. The molecule has 1 atom stereocenters. The summed E-state index contributed by atoms with van der Waals surface area (Å²) in [5.41, 5.74) is 3.42. The maximum Gasteiger partial charge on any atom is 0.414 e. The molecule has 2 aliphatic heterocycles. The second-order valence-electron chi connectivity index (χ2n) is 8.32. The van der Waals surface area contributed by atoms with E-state index in [0.717, 1.165) is 17.0 Å². The Hall–Kier alpha value is -3.85. The highest BCUT2D eigenvalue weighted by Gasteiger charge is 2.34. The standard InChI is InChI=1S/C21H27F2N9O4/c1-13(33)25-10-16-12-31(21(35)36-16)15-6-17(22)20(18(23)7-15)30-3-2-27-32(5-4-30)19(34)11-24-8-14-9-26-29-28-14/h6-7,9,16,24,27H,2-5,8,10-12H2,1H3,(H,25,33)(H,26,28,29)/t16-/m0/s1. The van der Waals surface area contributed by atoms with E-state index in [4.69, 9.17) is 4.74 Å². The van der Waals surface area contributed by atoms with Gasteiger partial charge in [0.25, 0.3) is 5.91 Å². The number of cyclic esters (lactones) is 1. The van der Waals surface area contributed by atoms with E-state index in [2.05, 4.69) is 31.5 Å². The molecule has 0 unspecified atom stereocenters. The number of benzene rings is 1. The van der Waals surface area contributed by atoms with Gasteiger partial charge < -0.3 is 20.3 Å². The topological polar surface area (TPSA) is 148 Å². The molecule has 0 bridgehead atoms. The second-order valence-corrected chi connectivity index (χ2v) is 8.32. The van der Waals surface area contributed by atoms with Crippen molar-refractivity contribution in [2.45, 2.75) is 19.6 Å². The fraction of sp³-hybridized carbons (Fsp3) is 0.476. The molecule has 4 rings (SSSR count). The molecule has 1 aromatic heterocycles. The summed E-state index contributed by atoms with van der Waals surface area (Å²) in [4.78, 5) is 38.4. The Morgan fingerprint density at radius 2 is 2.00 bits per heavy atom. The highest BCUT2D eigenvalue weighted by molar-refractivity contribution is 5.90. The molecule has 0 radical (unpaired) electrons. The summed E-state index contributed by atoms with van der Waals surface area (Å²) in [5.74, 6) is -2.17. The maximum atomic E-state index is 15.1. The lowest BCUT2D eigenvalue weighted by molar-refractivity contribution is -0.133. The van der Waals surface area contributed by atoms with E-state index in [-0.39, 0.29) is 62.5 Å². The first-order valence-electron chi connectivity index (χ1n) is 11.4. The first-order valence-corrected chi connectivity index (χ1v) is 11.4. The molecular weight excluding hydrogens is 480 g/mol. The predicted octanol–water partition coefficient (Wildman–Crippen LogP) is -0.513. The van der Waals surface area contributed by atoms with E-state index in [0.29, 0.717) is 18.8 Å². The van der Waals surface area contributed by atoms with Crippen molar-refractivity contribution in [2.75, 3.05) is 55.6 Å². The van der Waals surface area contributed by atoms with Gasteiger partial charge >= 0.3 is 6.09 Å². The average molecular weight is 508 g/mol. The summed E-state index contributed by atoms with van der Waals surface area (Å²) in [6, 6.07) is 2.16. The fourth-order valence-corrected chi connectivity index (χ4v) is 3.98. The molecule has 194 valence electrons. The van der Waals surface area contributed by atoms with Gasteiger partial charge in [-0.05, 0) is 0 Å². The Bertz CT molecular complexity index is 1080. The Morgan fingerprint density at radius 1 is 1.22 bits per heavy atom. The summed E-state index contributed by atoms with van der Waals surface area (Å²) >= 11 is 0. The van der Waals surface area contributed by atoms with Gasteiger partial charge in [-0.15, -0.1) is 5.10 Å². The number of aromatic amines is 1. The van der Waals surface area contributed by atoms with Crippen molar-refractivity contribution < 1.29 is 27.9 Å². The summed E-state index contributed by atoms with van der Waals surface area (Å²) < 4.78 is 35.3. The van der Waals surface area contributed by atoms with E-state index in [1.807, 2.05) is 0 Å². The van der Waals surface area contributed by atoms with E-state index in [1.165, 1.54) is 16.8 Å². The molecule has 0 aliphatic carbocycles. The number of hydrogen-bond donors (Lipinski definition) is 4. The summed E-state index contributed by atoms with van der Waals surface area (Å²) in [6.45, 7) is 2.85. The zero-order valence-electron chi connectivity index (χ0n) is 19.6. The lowest BCUT2D eigenvalue weighted by atomic mass is 10.2. The van der Waals surface area contributed by atoms with Gasteiger partial charge in [-0.25, -0.2) is 19.0 Å². The number of anilines is 2. The normalized spacial score (nSPS) is 18.2. The van der Waals surface area contributed by atoms with E-state index in [1.54, 1.807) is 6.20 Å². The number of carbonyl (C=O) groups is 3. The molecule has 2 saturated heterocycles. The fourth-order valence-electron chi connectivity index (χ4n) is 3.98. The number of nitrogens with one attached hydrogen (secondary N) is 4. The number of amides is 3. The number of ether oxygens (including phenoxy) is 1. The average Bonchev–Trinajstić information content (AvgIpc) is 3.41. The minimum Gasteiger partial charge on any atom is -0.442 e. The molecule has 3 heterocycles. The number of rotatable bonds is 8. The molecule has 2 aliphatic rings. The van der Waals surface area contributed by atoms with Gasteiger partial charge in [-0.1, -0.05) is 5.21 Å². The van der Waals surface area contributed by atoms with Crippen LogP contribution in [0.4, 0.5) is 25.0 Å². The van der Waals surface area contributed by atoms with Gasteiger partial charge in [-0.2, -0.15) is 0 Å². The van der Waals surface area contributed by atoms with Crippen LogP contribution in [-0.2, 0) is 20.9 Å². The third-order valence-electron chi connectivity index (χ3n) is 5.71. The molecule has 0 spiro atoms. The van der Waals surface area contributed by atoms with Crippen molar-refractivity contribution in [3.63, 3.8) is 0 Å². The highest BCUT2D eigenvalue weighted by atomic mass is 19.1. The van der Waals surface area contributed by atoms with Gasteiger partial charge in [0.1, 0.15) is 11.8 Å². The summed E-state index contributed by atoms with van der Waals surface area (Å²) in [7, 11) is 0. The van der Waals surface area contributed by atoms with Gasteiger partial charge in [0.15, 0.2) is 11.6 Å². The molecule has 15 heteroatoms. The molecule has 2 fully saturated rings. The lowest BCUT2D eigenvalue weighted by Crippen LogP contribution is -2.47. The molecule has 2 aromatic rings. The minimum absolute atomic E-state index is 0.0204. The molecule has 1 aromatic carbocycles. The van der Waals surface area contributed by atoms with Gasteiger partial charge in [0.2, 0.25) is 5.91 Å². The predicted molar refractivity (Wildman–Crippen MR) is 123 cm³/mol. The van der Waals surface area contributed by atoms with Gasteiger partial charge in [0, 0.05) is 51.4 Å². The number of halogens is 2. The lowest BCUT2D eigenvalue weighted by Gasteiger charge is -2.25. The van der Waals surface area contributed by atoms with Gasteiger partial charge in [0.05, 0.1) is 37.6 Å². The summed E-state index contributed by atoms with van der Waals surface area (Å²) in [6.07, 6.45) is 0.241. The van der Waals surface area contributed by atoms with Crippen molar-refractivity contribution in [1.29, 1.82) is 0 Å². The van der Waals surface area contributed by atoms with Crippen LogP contribution in [0.1, 0.15) is 12.6 Å². The molecule has 4 N–H and O–H groups in total. The Labute approximate surface area is 205 Å². The monoisotopic (exact) mass is 507 g/mol. The van der Waals surface area contributed by atoms with Crippen molar-refractivity contribution in [3.8, 4) is 0 Å². The third-order valence-corrected chi connectivity index (χ3v) is 5.71. The molecule has 36 heavy (non-hydrogen) atoms. The zero-order valence-corrected chi connectivity index (χ0v) is 19.6. The van der Waals surface area contributed by atoms with Gasteiger partial charge in [-0.3, -0.25) is 24.6 Å². The van der Waals surface area contributed by atoms with Crippen LogP contribution in [0.15, 0.2) is 18.3 Å². The highest BCUT2D eigenvalue weighted by Crippen LogP contribution is 2.31. The molecular formula is C21H27F2N9O4. The number of aromatic nitrogens is 3. The summed E-state index contributed by atoms with van der Waals surface area (Å²) in [5, 5.41) is 16.9. The largest absolute Gasteiger partial charge is 0.442 e. The van der Waals surface area contributed by atoms with Crippen LogP contribution in [0.3, 0.4) is 0 Å². The first-order chi connectivity index (χ1) is 17.3. The van der Waals surface area contributed by atoms with Crippen molar-refractivity contribution >= 4 is 29.3 Å². The van der Waals surface area contributed by atoms with Crippen molar-refractivity contribution in [2.24, 2.45) is 0 Å². The van der Waals surface area contributed by atoms with Crippen LogP contribution in [0.5, 0.6) is 0 Å². The SMILES string of the molecule is CC(=O)NC[C@H]1CN(c2cc(F)c(N3CCNN(C(=O)CNCc4c[nH]nn4)CC3)c(F)c2)C(=O)O1. The number of hydrazine groups is 1. The number of H-pyrrole nitrogens is 1. The Morgan fingerprint density at radius 3 is 2.69 bits per heavy atom. The van der Waals surface area contributed by atoms with Crippen LogP contribution in [0.25, 0.3) is 0 Å². The van der Waals surface area contributed by atoms with Crippen LogP contribution in [0, 0.1) is 11.6 Å². The number of carbonyl (C=O) groups excluding carboxylic acids is 3. The first kappa shape index (κ1) is 25.2. The zero-order chi connectivity index (χ0) is 25.7. The van der Waals surface area contributed by atoms with Crippen LogP contribution in [-0.4, -0.2) is 90.2 Å². The van der Waals surface area contributed by atoms with E-state index in [9.17, 15) is 14.4 Å². The van der Waals surface area contributed by atoms with E-state index < -0.39 is 23.8 Å². The van der Waals surface area contributed by atoms with Crippen LogP contribution < -0.4 is 25.9 Å². The molecule has 3 amide bonds. The number of nitrogens with zero attached hydrogens (tertiary/aromatic N) is 5. The number of hydrogen-bond acceptors (Lipinski definition) is 9. The van der Waals surface area contributed by atoms with Crippen LogP contribution in [0.2, 0.25) is 0 Å². The van der Waals surface area contributed by atoms with Crippen LogP contribution >= 0.6 is 0 Å². The molecule has 0 saturated carbocycles. The molecule has 13 nitrogen and oxygen atoms in total. The van der Waals surface area contributed by atoms with Crippen molar-refractivity contribution in [3.05, 3.63) is 35.7 Å². The third kappa shape index (κ3) is 6.04.